The molecule has 0 fully saturated rings. The van der Waals surface area contributed by atoms with E-state index in [9.17, 15) is 0 Å². The fourth-order valence-electron chi connectivity index (χ4n) is 2.36. The van der Waals surface area contributed by atoms with E-state index in [1.54, 1.807) is 0 Å². The van der Waals surface area contributed by atoms with Gasteiger partial charge in [0.25, 0.3) is 0 Å². The quantitative estimate of drug-likeness (QED) is 0.755. The second-order valence-electron chi connectivity index (χ2n) is 5.52. The van der Waals surface area contributed by atoms with E-state index in [0.29, 0.717) is 0 Å². The fraction of sp³-hybridized carbons (Fsp3) is 0.389. The second kappa shape index (κ2) is 8.55. The summed E-state index contributed by atoms with van der Waals surface area (Å²) < 4.78 is 0. The average Bonchev–Trinajstić information content (AvgIpc) is 2.48. The third-order valence-electron chi connectivity index (χ3n) is 3.44. The van der Waals surface area contributed by atoms with Gasteiger partial charge in [0.2, 0.25) is 0 Å². The third kappa shape index (κ3) is 6.06. The highest BCUT2D eigenvalue weighted by atomic mass is 15.1. The van der Waals surface area contributed by atoms with E-state index in [4.69, 9.17) is 0 Å². The molecule has 0 aliphatic rings. The highest BCUT2D eigenvalue weighted by Gasteiger charge is 2.00. The van der Waals surface area contributed by atoms with E-state index >= 15 is 0 Å². The number of aryl methyl sites for hydroxylation is 1. The van der Waals surface area contributed by atoms with Gasteiger partial charge in [-0.3, -0.25) is 4.98 Å². The van der Waals surface area contributed by atoms with E-state index in [1.165, 1.54) is 5.56 Å². The van der Waals surface area contributed by atoms with Gasteiger partial charge in [-0.2, -0.15) is 0 Å². The van der Waals surface area contributed by atoms with Crippen LogP contribution in [0, 0.1) is 6.92 Å². The molecule has 0 spiro atoms. The maximum atomic E-state index is 4.49. The van der Waals surface area contributed by atoms with Crippen LogP contribution in [-0.2, 0) is 13.1 Å². The smallest absolute Gasteiger partial charge is 0.0544 e. The molecule has 2 aromatic rings. The number of rotatable bonds is 8. The van der Waals surface area contributed by atoms with E-state index in [0.717, 1.165) is 44.0 Å². The van der Waals surface area contributed by atoms with Gasteiger partial charge in [-0.25, -0.2) is 0 Å². The monoisotopic (exact) mass is 283 g/mol. The summed E-state index contributed by atoms with van der Waals surface area (Å²) in [4.78, 5) is 6.85. The van der Waals surface area contributed by atoms with Crippen molar-refractivity contribution in [2.24, 2.45) is 0 Å². The van der Waals surface area contributed by atoms with Gasteiger partial charge in [-0.1, -0.05) is 36.4 Å². The van der Waals surface area contributed by atoms with E-state index in [-0.39, 0.29) is 0 Å². The number of nitrogens with one attached hydrogen (secondary N) is 1. The van der Waals surface area contributed by atoms with Crippen molar-refractivity contribution in [2.45, 2.75) is 26.4 Å². The minimum atomic E-state index is 0.851. The van der Waals surface area contributed by atoms with Crippen molar-refractivity contribution >= 4 is 0 Å². The van der Waals surface area contributed by atoms with Crippen molar-refractivity contribution in [3.63, 3.8) is 0 Å². The third-order valence-corrected chi connectivity index (χ3v) is 3.44. The molecule has 0 saturated carbocycles. The summed E-state index contributed by atoms with van der Waals surface area (Å²) >= 11 is 0. The summed E-state index contributed by atoms with van der Waals surface area (Å²) in [5, 5.41) is 3.46. The molecule has 1 aromatic carbocycles. The average molecular weight is 283 g/mol. The molecule has 0 atom stereocenters. The summed E-state index contributed by atoms with van der Waals surface area (Å²) in [5.41, 5.74) is 3.57. The minimum absolute atomic E-state index is 0.851. The molecule has 0 amide bonds. The molecule has 0 aliphatic heterocycles. The van der Waals surface area contributed by atoms with Crippen LogP contribution < -0.4 is 5.32 Å². The van der Waals surface area contributed by atoms with Gasteiger partial charge in [-0.05, 0) is 51.2 Å². The van der Waals surface area contributed by atoms with Crippen molar-refractivity contribution in [1.29, 1.82) is 0 Å². The number of nitrogens with zero attached hydrogens (tertiary/aromatic N) is 2. The molecule has 112 valence electrons. The van der Waals surface area contributed by atoms with Gasteiger partial charge in [0.15, 0.2) is 0 Å². The van der Waals surface area contributed by atoms with Crippen LogP contribution >= 0.6 is 0 Å². The molecule has 0 bridgehead atoms. The lowest BCUT2D eigenvalue weighted by atomic mass is 10.2. The molecule has 0 unspecified atom stereocenters. The Bertz CT molecular complexity index is 525. The van der Waals surface area contributed by atoms with E-state index in [2.05, 4.69) is 64.7 Å². The van der Waals surface area contributed by atoms with Gasteiger partial charge in [0.05, 0.1) is 5.69 Å². The molecule has 1 aromatic heterocycles. The standard InChI is InChI=1S/C18H25N3/c1-16-8-6-11-18(20-16)14-19-12-7-13-21(2)15-17-9-4-3-5-10-17/h3-6,8-11,19H,7,12-15H2,1-2H3. The SMILES string of the molecule is Cc1cccc(CNCCCN(C)Cc2ccccc2)n1. The zero-order valence-corrected chi connectivity index (χ0v) is 13.0. The summed E-state index contributed by atoms with van der Waals surface area (Å²) in [6.07, 6.45) is 1.15. The number of pyridine rings is 1. The molecule has 0 aliphatic carbocycles. The van der Waals surface area contributed by atoms with Crippen molar-refractivity contribution in [2.75, 3.05) is 20.1 Å². The number of hydrogen-bond donors (Lipinski definition) is 1. The molecule has 0 saturated heterocycles. The summed E-state index contributed by atoms with van der Waals surface area (Å²) in [5.74, 6) is 0. The Hall–Kier alpha value is -1.71. The van der Waals surface area contributed by atoms with Crippen LogP contribution in [0.3, 0.4) is 0 Å². The molecule has 3 heteroatoms. The zero-order valence-electron chi connectivity index (χ0n) is 13.0. The van der Waals surface area contributed by atoms with Crippen LogP contribution in [0.4, 0.5) is 0 Å². The Balaban J connectivity index is 1.59. The maximum Gasteiger partial charge on any atom is 0.0544 e. The fourth-order valence-corrected chi connectivity index (χ4v) is 2.36. The molecule has 21 heavy (non-hydrogen) atoms. The molecule has 2 rings (SSSR count). The van der Waals surface area contributed by atoms with Gasteiger partial charge < -0.3 is 10.2 Å². The van der Waals surface area contributed by atoms with Crippen LogP contribution in [0.15, 0.2) is 48.5 Å². The van der Waals surface area contributed by atoms with Gasteiger partial charge in [0, 0.05) is 18.8 Å². The highest BCUT2D eigenvalue weighted by molar-refractivity contribution is 5.14. The van der Waals surface area contributed by atoms with Crippen LogP contribution in [0.5, 0.6) is 0 Å². The molecule has 3 nitrogen and oxygen atoms in total. The Morgan fingerprint density at radius 3 is 2.62 bits per heavy atom. The van der Waals surface area contributed by atoms with Crippen molar-refractivity contribution in [3.05, 3.63) is 65.5 Å². The van der Waals surface area contributed by atoms with Crippen LogP contribution in [0.1, 0.15) is 23.4 Å². The first-order chi connectivity index (χ1) is 10.2. The lowest BCUT2D eigenvalue weighted by molar-refractivity contribution is 0.319. The zero-order chi connectivity index (χ0) is 14.9. The first-order valence-corrected chi connectivity index (χ1v) is 7.60. The molecule has 0 radical (unpaired) electrons. The summed E-state index contributed by atoms with van der Waals surface area (Å²) in [7, 11) is 2.18. The molecular formula is C18H25N3. The number of hydrogen-bond acceptors (Lipinski definition) is 3. The second-order valence-corrected chi connectivity index (χ2v) is 5.52. The molecule has 1 N–H and O–H groups in total. The van der Waals surface area contributed by atoms with E-state index in [1.807, 2.05) is 13.0 Å². The molecular weight excluding hydrogens is 258 g/mol. The highest BCUT2D eigenvalue weighted by Crippen LogP contribution is 2.03. The van der Waals surface area contributed by atoms with Crippen molar-refractivity contribution in [1.82, 2.24) is 15.2 Å². The van der Waals surface area contributed by atoms with Crippen LogP contribution in [-0.4, -0.2) is 30.0 Å². The van der Waals surface area contributed by atoms with Crippen LogP contribution in [0.25, 0.3) is 0 Å². The van der Waals surface area contributed by atoms with Crippen molar-refractivity contribution < 1.29 is 0 Å². The lowest BCUT2D eigenvalue weighted by Crippen LogP contribution is -2.24. The van der Waals surface area contributed by atoms with Gasteiger partial charge >= 0.3 is 0 Å². The van der Waals surface area contributed by atoms with E-state index < -0.39 is 0 Å². The van der Waals surface area contributed by atoms with Gasteiger partial charge in [0.1, 0.15) is 0 Å². The topological polar surface area (TPSA) is 28.2 Å². The first kappa shape index (κ1) is 15.7. The van der Waals surface area contributed by atoms with Crippen molar-refractivity contribution in [3.8, 4) is 0 Å². The Morgan fingerprint density at radius 2 is 1.86 bits per heavy atom. The molecule has 1 heterocycles. The summed E-state index contributed by atoms with van der Waals surface area (Å²) in [6.45, 7) is 6.02. The predicted molar refractivity (Wildman–Crippen MR) is 88.1 cm³/mol. The normalized spacial score (nSPS) is 11.0. The minimum Gasteiger partial charge on any atom is -0.311 e. The largest absolute Gasteiger partial charge is 0.311 e. The predicted octanol–water partition coefficient (Wildman–Crippen LogP) is 3.00. The lowest BCUT2D eigenvalue weighted by Gasteiger charge is -2.16. The maximum absolute atomic E-state index is 4.49. The Morgan fingerprint density at radius 1 is 1.05 bits per heavy atom. The number of aromatic nitrogens is 1. The first-order valence-electron chi connectivity index (χ1n) is 7.60. The number of benzene rings is 1. The Kier molecular flexibility index (Phi) is 6.38. The van der Waals surface area contributed by atoms with Gasteiger partial charge in [-0.15, -0.1) is 0 Å². The van der Waals surface area contributed by atoms with Crippen LogP contribution in [0.2, 0.25) is 0 Å². The summed E-state index contributed by atoms with van der Waals surface area (Å²) in [6, 6.07) is 16.8. The Labute approximate surface area is 128 Å².